The van der Waals surface area contributed by atoms with Crippen LogP contribution in [0.4, 0.5) is 5.69 Å². The van der Waals surface area contributed by atoms with E-state index in [1.54, 1.807) is 12.4 Å². The number of carbonyl (C=O) groups excluding carboxylic acids is 2. The zero-order chi connectivity index (χ0) is 20.2. The van der Waals surface area contributed by atoms with Crippen LogP contribution in [-0.2, 0) is 9.59 Å². The molecule has 29 heavy (non-hydrogen) atoms. The van der Waals surface area contributed by atoms with Crippen molar-refractivity contribution >= 4 is 17.5 Å². The maximum atomic E-state index is 12.9. The van der Waals surface area contributed by atoms with E-state index in [-0.39, 0.29) is 17.7 Å². The Morgan fingerprint density at radius 1 is 1.07 bits per heavy atom. The normalized spacial score (nSPS) is 19.9. The van der Waals surface area contributed by atoms with Crippen LogP contribution in [0.3, 0.4) is 0 Å². The van der Waals surface area contributed by atoms with Gasteiger partial charge in [-0.1, -0.05) is 25.0 Å². The standard InChI is InChI=1S/C23H28N4O2/c1-16(28)26-20-10-4-8-18(14-20)21-22(25-12-11-24-21)19-9-5-13-27(15-19)23(29)17-6-2-3-7-17/h4,8,10-12,14,17,19H,2-3,5-7,9,13,15H2,1H3,(H,26,28)/t19-/m1/s1. The molecule has 1 atom stereocenters. The molecule has 0 spiro atoms. The van der Waals surface area contributed by atoms with Crippen molar-refractivity contribution in [1.29, 1.82) is 0 Å². The maximum absolute atomic E-state index is 12.9. The molecular weight excluding hydrogens is 364 g/mol. The van der Waals surface area contributed by atoms with E-state index in [9.17, 15) is 9.59 Å². The summed E-state index contributed by atoms with van der Waals surface area (Å²) in [7, 11) is 0. The van der Waals surface area contributed by atoms with Gasteiger partial charge in [0.1, 0.15) is 0 Å². The van der Waals surface area contributed by atoms with Gasteiger partial charge in [0.15, 0.2) is 0 Å². The maximum Gasteiger partial charge on any atom is 0.225 e. The number of likely N-dealkylation sites (tertiary alicyclic amines) is 1. The topological polar surface area (TPSA) is 75.2 Å². The first-order valence-electron chi connectivity index (χ1n) is 10.6. The van der Waals surface area contributed by atoms with Crippen LogP contribution in [0.5, 0.6) is 0 Å². The van der Waals surface area contributed by atoms with Crippen LogP contribution in [0, 0.1) is 5.92 Å². The molecule has 0 radical (unpaired) electrons. The quantitative estimate of drug-likeness (QED) is 0.853. The minimum Gasteiger partial charge on any atom is -0.342 e. The Bertz CT molecular complexity index is 892. The van der Waals surface area contributed by atoms with Gasteiger partial charge in [-0.15, -0.1) is 0 Å². The molecule has 0 bridgehead atoms. The van der Waals surface area contributed by atoms with Crippen LogP contribution in [0.25, 0.3) is 11.3 Å². The number of nitrogens with one attached hydrogen (secondary N) is 1. The predicted octanol–water partition coefficient (Wildman–Crippen LogP) is 4.00. The van der Waals surface area contributed by atoms with Gasteiger partial charge in [0.25, 0.3) is 0 Å². The summed E-state index contributed by atoms with van der Waals surface area (Å²) < 4.78 is 0. The van der Waals surface area contributed by atoms with Crippen molar-refractivity contribution in [2.24, 2.45) is 5.92 Å². The molecule has 1 saturated heterocycles. The van der Waals surface area contributed by atoms with E-state index < -0.39 is 0 Å². The molecule has 4 rings (SSSR count). The van der Waals surface area contributed by atoms with Gasteiger partial charge >= 0.3 is 0 Å². The van der Waals surface area contributed by atoms with Crippen LogP contribution < -0.4 is 5.32 Å². The third kappa shape index (κ3) is 4.47. The number of benzene rings is 1. The first kappa shape index (κ1) is 19.6. The largest absolute Gasteiger partial charge is 0.342 e. The van der Waals surface area contributed by atoms with Crippen molar-refractivity contribution in [2.75, 3.05) is 18.4 Å². The molecule has 2 aromatic rings. The highest BCUT2D eigenvalue weighted by Gasteiger charge is 2.32. The molecule has 6 heteroatoms. The average molecular weight is 393 g/mol. The third-order valence-corrected chi connectivity index (χ3v) is 6.01. The molecule has 0 unspecified atom stereocenters. The molecule has 1 aliphatic heterocycles. The number of carbonyl (C=O) groups is 2. The summed E-state index contributed by atoms with van der Waals surface area (Å²) in [6, 6.07) is 7.70. The molecule has 2 heterocycles. The highest BCUT2D eigenvalue weighted by atomic mass is 16.2. The highest BCUT2D eigenvalue weighted by molar-refractivity contribution is 5.89. The van der Waals surface area contributed by atoms with E-state index >= 15 is 0 Å². The van der Waals surface area contributed by atoms with E-state index in [4.69, 9.17) is 0 Å². The van der Waals surface area contributed by atoms with Crippen molar-refractivity contribution in [3.05, 3.63) is 42.4 Å². The average Bonchev–Trinajstić information content (AvgIpc) is 3.28. The Labute approximate surface area is 171 Å². The van der Waals surface area contributed by atoms with Crippen molar-refractivity contribution in [3.63, 3.8) is 0 Å². The summed E-state index contributed by atoms with van der Waals surface area (Å²) in [6.45, 7) is 3.06. The smallest absolute Gasteiger partial charge is 0.225 e. The zero-order valence-electron chi connectivity index (χ0n) is 16.9. The SMILES string of the molecule is CC(=O)Nc1cccc(-c2nccnc2[C@@H]2CCCN(C(=O)C3CCCC3)C2)c1. The van der Waals surface area contributed by atoms with Gasteiger partial charge < -0.3 is 10.2 Å². The summed E-state index contributed by atoms with van der Waals surface area (Å²) in [5, 5.41) is 2.83. The molecule has 1 saturated carbocycles. The first-order chi connectivity index (χ1) is 14.1. The lowest BCUT2D eigenvalue weighted by Gasteiger charge is -2.34. The fourth-order valence-corrected chi connectivity index (χ4v) is 4.65. The number of piperidine rings is 1. The monoisotopic (exact) mass is 392 g/mol. The molecule has 152 valence electrons. The van der Waals surface area contributed by atoms with Gasteiger partial charge in [0.05, 0.1) is 11.4 Å². The van der Waals surface area contributed by atoms with Crippen molar-refractivity contribution in [1.82, 2.24) is 14.9 Å². The number of anilines is 1. The fourth-order valence-electron chi connectivity index (χ4n) is 4.65. The van der Waals surface area contributed by atoms with Crippen molar-refractivity contribution in [2.45, 2.75) is 51.4 Å². The molecule has 1 aromatic carbocycles. The van der Waals surface area contributed by atoms with Gasteiger partial charge in [-0.2, -0.15) is 0 Å². The Morgan fingerprint density at radius 3 is 2.66 bits per heavy atom. The highest BCUT2D eigenvalue weighted by Crippen LogP contribution is 2.34. The molecule has 2 amide bonds. The molecule has 1 aromatic heterocycles. The Balaban J connectivity index is 1.58. The minimum absolute atomic E-state index is 0.102. The Hall–Kier alpha value is -2.76. The minimum atomic E-state index is -0.102. The predicted molar refractivity (Wildman–Crippen MR) is 112 cm³/mol. The van der Waals surface area contributed by atoms with Gasteiger partial charge in [0.2, 0.25) is 11.8 Å². The summed E-state index contributed by atoms with van der Waals surface area (Å²) in [5.74, 6) is 0.617. The molecule has 2 aliphatic rings. The molecular formula is C23H28N4O2. The number of nitrogens with zero attached hydrogens (tertiary/aromatic N) is 3. The van der Waals surface area contributed by atoms with E-state index in [1.807, 2.05) is 24.3 Å². The van der Waals surface area contributed by atoms with Crippen LogP contribution in [-0.4, -0.2) is 39.8 Å². The van der Waals surface area contributed by atoms with Crippen LogP contribution in [0.15, 0.2) is 36.7 Å². The van der Waals surface area contributed by atoms with Crippen LogP contribution in [0.1, 0.15) is 57.1 Å². The van der Waals surface area contributed by atoms with Crippen LogP contribution >= 0.6 is 0 Å². The van der Waals surface area contributed by atoms with E-state index in [2.05, 4.69) is 20.2 Å². The Kier molecular flexibility index (Phi) is 5.88. The molecule has 1 N–H and O–H groups in total. The lowest BCUT2D eigenvalue weighted by Crippen LogP contribution is -2.42. The molecule has 1 aliphatic carbocycles. The number of hydrogen-bond donors (Lipinski definition) is 1. The lowest BCUT2D eigenvalue weighted by atomic mass is 9.90. The zero-order valence-corrected chi connectivity index (χ0v) is 16.9. The second kappa shape index (κ2) is 8.72. The van der Waals surface area contributed by atoms with E-state index in [1.165, 1.54) is 19.8 Å². The summed E-state index contributed by atoms with van der Waals surface area (Å²) in [6.07, 6.45) is 9.84. The lowest BCUT2D eigenvalue weighted by molar-refractivity contribution is -0.136. The molecule has 2 fully saturated rings. The number of aromatic nitrogens is 2. The van der Waals surface area contributed by atoms with Gasteiger partial charge in [-0.25, -0.2) is 0 Å². The summed E-state index contributed by atoms with van der Waals surface area (Å²) in [4.78, 5) is 35.7. The number of rotatable bonds is 4. The number of amides is 2. The van der Waals surface area contributed by atoms with Gasteiger partial charge in [-0.05, 0) is 37.8 Å². The van der Waals surface area contributed by atoms with Crippen molar-refractivity contribution < 1.29 is 9.59 Å². The third-order valence-electron chi connectivity index (χ3n) is 6.01. The summed E-state index contributed by atoms with van der Waals surface area (Å²) >= 11 is 0. The second-order valence-electron chi connectivity index (χ2n) is 8.16. The second-order valence-corrected chi connectivity index (χ2v) is 8.16. The fraction of sp³-hybridized carbons (Fsp3) is 0.478. The van der Waals surface area contributed by atoms with Crippen LogP contribution in [0.2, 0.25) is 0 Å². The number of hydrogen-bond acceptors (Lipinski definition) is 4. The molecule has 6 nitrogen and oxygen atoms in total. The van der Waals surface area contributed by atoms with E-state index in [0.717, 1.165) is 54.9 Å². The van der Waals surface area contributed by atoms with Crippen molar-refractivity contribution in [3.8, 4) is 11.3 Å². The Morgan fingerprint density at radius 2 is 1.86 bits per heavy atom. The first-order valence-corrected chi connectivity index (χ1v) is 10.6. The summed E-state index contributed by atoms with van der Waals surface area (Å²) in [5.41, 5.74) is 3.45. The van der Waals surface area contributed by atoms with E-state index in [0.29, 0.717) is 12.5 Å². The van der Waals surface area contributed by atoms with Gasteiger partial charge in [-0.3, -0.25) is 19.6 Å². The van der Waals surface area contributed by atoms with Gasteiger partial charge in [0, 0.05) is 55.5 Å².